The number of amides is 2. The van der Waals surface area contributed by atoms with Gasteiger partial charge in [0.25, 0.3) is 11.8 Å². The monoisotopic (exact) mass is 213 g/mol. The molecule has 4 heteroatoms. The lowest BCUT2D eigenvalue weighted by molar-refractivity contribution is -0.139. The van der Waals surface area contributed by atoms with Crippen LogP contribution in [-0.2, 0) is 9.59 Å². The maximum Gasteiger partial charge on any atom is 0.256 e. The number of thioether (sulfide) groups is 1. The van der Waals surface area contributed by atoms with Crippen LogP contribution in [0, 0.1) is 0 Å². The van der Waals surface area contributed by atoms with E-state index >= 15 is 0 Å². The van der Waals surface area contributed by atoms with Gasteiger partial charge in [-0.05, 0) is 19.6 Å². The predicted octanol–water partition coefficient (Wildman–Crippen LogP) is 1.44. The van der Waals surface area contributed by atoms with E-state index in [1.807, 2.05) is 13.2 Å². The van der Waals surface area contributed by atoms with Gasteiger partial charge in [-0.2, -0.15) is 11.8 Å². The van der Waals surface area contributed by atoms with Gasteiger partial charge in [0, 0.05) is 23.4 Å². The quantitative estimate of drug-likeness (QED) is 0.663. The molecule has 1 unspecified atom stereocenters. The molecule has 2 amide bonds. The van der Waals surface area contributed by atoms with E-state index in [1.165, 1.54) is 11.0 Å². The molecule has 1 atom stereocenters. The maximum absolute atomic E-state index is 11.6. The minimum Gasteiger partial charge on any atom is -0.271 e. The molecule has 3 nitrogen and oxygen atoms in total. The average molecular weight is 213 g/mol. The molecule has 0 aromatic carbocycles. The molecule has 0 radical (unpaired) electrons. The number of nitrogens with zero attached hydrogens (tertiary/aromatic N) is 1. The van der Waals surface area contributed by atoms with Crippen LogP contribution in [0.1, 0.15) is 20.3 Å². The van der Waals surface area contributed by atoms with Gasteiger partial charge in [-0.15, -0.1) is 0 Å². The molecule has 0 aliphatic carbocycles. The molecule has 1 aliphatic rings. The number of hydrogen-bond donors (Lipinski definition) is 0. The van der Waals surface area contributed by atoms with Crippen molar-refractivity contribution in [2.75, 3.05) is 12.0 Å². The third-order valence-corrected chi connectivity index (χ3v) is 3.05. The molecule has 0 saturated carbocycles. The second-order valence-electron chi connectivity index (χ2n) is 3.36. The van der Waals surface area contributed by atoms with Gasteiger partial charge < -0.3 is 0 Å². The summed E-state index contributed by atoms with van der Waals surface area (Å²) < 4.78 is 0. The van der Waals surface area contributed by atoms with Crippen molar-refractivity contribution >= 4 is 23.6 Å². The molecule has 0 N–H and O–H groups in total. The standard InChI is InChI=1S/C10H15NO2S/c1-4-8(6-14-3)11-9(12)5-7(2)10(11)13/h5,8H,4,6H2,1-3H3. The first-order valence-electron chi connectivity index (χ1n) is 4.66. The summed E-state index contributed by atoms with van der Waals surface area (Å²) in [5, 5.41) is 0. The third kappa shape index (κ3) is 2.00. The van der Waals surface area contributed by atoms with Gasteiger partial charge in [-0.1, -0.05) is 6.92 Å². The highest BCUT2D eigenvalue weighted by Gasteiger charge is 2.33. The van der Waals surface area contributed by atoms with Crippen LogP contribution in [0.2, 0.25) is 0 Å². The fraction of sp³-hybridized carbons (Fsp3) is 0.600. The van der Waals surface area contributed by atoms with E-state index in [-0.39, 0.29) is 17.9 Å². The second kappa shape index (κ2) is 4.64. The van der Waals surface area contributed by atoms with Crippen molar-refractivity contribution < 1.29 is 9.59 Å². The van der Waals surface area contributed by atoms with E-state index in [2.05, 4.69) is 0 Å². The van der Waals surface area contributed by atoms with Crippen LogP contribution in [0.5, 0.6) is 0 Å². The fourth-order valence-electron chi connectivity index (χ4n) is 1.52. The molecule has 0 bridgehead atoms. The Hall–Kier alpha value is -0.770. The van der Waals surface area contributed by atoms with Crippen molar-refractivity contribution in [2.45, 2.75) is 26.3 Å². The summed E-state index contributed by atoms with van der Waals surface area (Å²) in [4.78, 5) is 24.5. The van der Waals surface area contributed by atoms with Gasteiger partial charge in [0.2, 0.25) is 0 Å². The van der Waals surface area contributed by atoms with Gasteiger partial charge in [0.05, 0.1) is 0 Å². The van der Waals surface area contributed by atoms with Crippen molar-refractivity contribution in [1.29, 1.82) is 0 Å². The lowest BCUT2D eigenvalue weighted by Gasteiger charge is -2.24. The molecule has 0 spiro atoms. The molecule has 78 valence electrons. The van der Waals surface area contributed by atoms with E-state index < -0.39 is 0 Å². The lowest BCUT2D eigenvalue weighted by Crippen LogP contribution is -2.41. The van der Waals surface area contributed by atoms with Crippen molar-refractivity contribution in [2.24, 2.45) is 0 Å². The Kier molecular flexibility index (Phi) is 3.75. The molecule has 1 rings (SSSR count). The largest absolute Gasteiger partial charge is 0.271 e. The number of hydrogen-bond acceptors (Lipinski definition) is 3. The van der Waals surface area contributed by atoms with E-state index in [0.29, 0.717) is 5.57 Å². The van der Waals surface area contributed by atoms with Crippen molar-refractivity contribution in [3.05, 3.63) is 11.6 Å². The zero-order valence-electron chi connectivity index (χ0n) is 8.74. The normalized spacial score (nSPS) is 18.8. The maximum atomic E-state index is 11.6. The molecule has 0 saturated heterocycles. The average Bonchev–Trinajstić information content (AvgIpc) is 2.39. The SMILES string of the molecule is CCC(CSC)N1C(=O)C=C(C)C1=O. The Balaban J connectivity index is 2.78. The smallest absolute Gasteiger partial charge is 0.256 e. The van der Waals surface area contributed by atoms with Crippen molar-refractivity contribution in [1.82, 2.24) is 4.90 Å². The third-order valence-electron chi connectivity index (χ3n) is 2.33. The van der Waals surface area contributed by atoms with Crippen LogP contribution >= 0.6 is 11.8 Å². The number of carbonyl (C=O) groups is 2. The van der Waals surface area contributed by atoms with Crippen molar-refractivity contribution in [3.63, 3.8) is 0 Å². The summed E-state index contributed by atoms with van der Waals surface area (Å²) >= 11 is 1.66. The minimum atomic E-state index is -0.159. The van der Waals surface area contributed by atoms with Gasteiger partial charge in [0.15, 0.2) is 0 Å². The van der Waals surface area contributed by atoms with Crippen molar-refractivity contribution in [3.8, 4) is 0 Å². The van der Waals surface area contributed by atoms with Gasteiger partial charge >= 0.3 is 0 Å². The molecular formula is C10H15NO2S. The Morgan fingerprint density at radius 1 is 1.50 bits per heavy atom. The highest BCUT2D eigenvalue weighted by Crippen LogP contribution is 2.19. The topological polar surface area (TPSA) is 37.4 Å². The summed E-state index contributed by atoms with van der Waals surface area (Å²) in [6.45, 7) is 3.68. The second-order valence-corrected chi connectivity index (χ2v) is 4.27. The Bertz CT molecular complexity index is 286. The first kappa shape index (κ1) is 11.3. The van der Waals surface area contributed by atoms with Crippen LogP contribution in [0.15, 0.2) is 11.6 Å². The van der Waals surface area contributed by atoms with Crippen LogP contribution < -0.4 is 0 Å². The van der Waals surface area contributed by atoms with Crippen LogP contribution in [-0.4, -0.2) is 34.8 Å². The van der Waals surface area contributed by atoms with Gasteiger partial charge in [0.1, 0.15) is 0 Å². The summed E-state index contributed by atoms with van der Waals surface area (Å²) in [5.74, 6) is 0.527. The van der Waals surface area contributed by atoms with E-state index in [9.17, 15) is 9.59 Å². The van der Waals surface area contributed by atoms with Gasteiger partial charge in [-0.3, -0.25) is 14.5 Å². The number of rotatable bonds is 4. The van der Waals surface area contributed by atoms with E-state index in [0.717, 1.165) is 12.2 Å². The lowest BCUT2D eigenvalue weighted by atomic mass is 10.2. The number of carbonyl (C=O) groups excluding carboxylic acids is 2. The molecular weight excluding hydrogens is 198 g/mol. The Morgan fingerprint density at radius 3 is 2.50 bits per heavy atom. The zero-order valence-corrected chi connectivity index (χ0v) is 9.56. The summed E-state index contributed by atoms with van der Waals surface area (Å²) in [6.07, 6.45) is 4.22. The highest BCUT2D eigenvalue weighted by atomic mass is 32.2. The molecule has 0 aromatic rings. The predicted molar refractivity (Wildman–Crippen MR) is 58.1 cm³/mol. The first-order chi connectivity index (χ1) is 6.61. The summed E-state index contributed by atoms with van der Waals surface area (Å²) in [7, 11) is 0. The number of imide groups is 1. The Labute approximate surface area is 88.5 Å². The van der Waals surface area contributed by atoms with Gasteiger partial charge in [-0.25, -0.2) is 0 Å². The molecule has 0 fully saturated rings. The molecule has 0 aromatic heterocycles. The van der Waals surface area contributed by atoms with Crippen LogP contribution in [0.4, 0.5) is 0 Å². The summed E-state index contributed by atoms with van der Waals surface area (Å²) in [5.41, 5.74) is 0.551. The van der Waals surface area contributed by atoms with Crippen LogP contribution in [0.25, 0.3) is 0 Å². The van der Waals surface area contributed by atoms with E-state index in [1.54, 1.807) is 18.7 Å². The fourth-order valence-corrected chi connectivity index (χ4v) is 2.29. The minimum absolute atomic E-state index is 0.0405. The van der Waals surface area contributed by atoms with E-state index in [4.69, 9.17) is 0 Å². The Morgan fingerprint density at radius 2 is 2.14 bits per heavy atom. The first-order valence-corrected chi connectivity index (χ1v) is 6.06. The highest BCUT2D eigenvalue weighted by molar-refractivity contribution is 7.98. The summed E-state index contributed by atoms with van der Waals surface area (Å²) in [6, 6.07) is 0.0405. The van der Waals surface area contributed by atoms with Crippen LogP contribution in [0.3, 0.4) is 0 Å². The zero-order chi connectivity index (χ0) is 10.7. The molecule has 14 heavy (non-hydrogen) atoms. The molecule has 1 aliphatic heterocycles. The molecule has 1 heterocycles.